The highest BCUT2D eigenvalue weighted by Crippen LogP contribution is 2.15. The minimum atomic E-state index is -0.142. The van der Waals surface area contributed by atoms with Crippen molar-refractivity contribution in [2.24, 2.45) is 0 Å². The maximum absolute atomic E-state index is 11.2. The van der Waals surface area contributed by atoms with Crippen LogP contribution < -0.4 is 0 Å². The average molecular weight is 207 g/mol. The molecule has 15 heavy (non-hydrogen) atoms. The third kappa shape index (κ3) is 3.62. The molecule has 3 nitrogen and oxygen atoms in total. The SMILES string of the molecule is C=CC(CCC(=O)OCC)n1cccc1. The number of carbonyl (C=O) groups is 1. The molecule has 0 bridgehead atoms. The quantitative estimate of drug-likeness (QED) is 0.530. The van der Waals surface area contributed by atoms with Crippen molar-refractivity contribution in [3.05, 3.63) is 37.2 Å². The molecule has 1 heterocycles. The van der Waals surface area contributed by atoms with Crippen molar-refractivity contribution < 1.29 is 9.53 Å². The molecule has 1 aromatic rings. The summed E-state index contributed by atoms with van der Waals surface area (Å²) in [5.41, 5.74) is 0. The van der Waals surface area contributed by atoms with Crippen LogP contribution >= 0.6 is 0 Å². The van der Waals surface area contributed by atoms with Gasteiger partial charge in [0.1, 0.15) is 0 Å². The molecule has 0 amide bonds. The highest BCUT2D eigenvalue weighted by atomic mass is 16.5. The van der Waals surface area contributed by atoms with Gasteiger partial charge in [0.2, 0.25) is 0 Å². The van der Waals surface area contributed by atoms with Crippen molar-refractivity contribution in [2.75, 3.05) is 6.61 Å². The van der Waals surface area contributed by atoms with E-state index < -0.39 is 0 Å². The Kier molecular flexibility index (Phi) is 4.68. The zero-order valence-electron chi connectivity index (χ0n) is 9.06. The lowest BCUT2D eigenvalue weighted by atomic mass is 10.1. The third-order valence-corrected chi connectivity index (χ3v) is 2.23. The zero-order valence-corrected chi connectivity index (χ0v) is 9.06. The average Bonchev–Trinajstić information content (AvgIpc) is 2.72. The van der Waals surface area contributed by atoms with E-state index in [4.69, 9.17) is 4.74 Å². The number of hydrogen-bond acceptors (Lipinski definition) is 2. The molecule has 0 aliphatic rings. The molecule has 0 aliphatic heterocycles. The topological polar surface area (TPSA) is 31.2 Å². The molecule has 82 valence electrons. The van der Waals surface area contributed by atoms with Crippen LogP contribution in [0.5, 0.6) is 0 Å². The van der Waals surface area contributed by atoms with Gasteiger partial charge in [-0.15, -0.1) is 6.58 Å². The maximum atomic E-state index is 11.2. The van der Waals surface area contributed by atoms with Crippen LogP contribution in [0.1, 0.15) is 25.8 Å². The minimum absolute atomic E-state index is 0.142. The second kappa shape index (κ2) is 6.06. The number of esters is 1. The molecule has 0 spiro atoms. The Balaban J connectivity index is 2.42. The number of hydrogen-bond donors (Lipinski definition) is 0. The lowest BCUT2D eigenvalue weighted by molar-refractivity contribution is -0.143. The molecule has 0 saturated carbocycles. The van der Waals surface area contributed by atoms with E-state index in [0.717, 1.165) is 6.42 Å². The van der Waals surface area contributed by atoms with Gasteiger partial charge in [0, 0.05) is 18.8 Å². The molecule has 0 aliphatic carbocycles. The van der Waals surface area contributed by atoms with Gasteiger partial charge in [-0.05, 0) is 25.5 Å². The first-order valence-corrected chi connectivity index (χ1v) is 5.18. The molecule has 0 N–H and O–H groups in total. The standard InChI is InChI=1S/C12H17NO2/c1-3-11(13-9-5-6-10-13)7-8-12(14)15-4-2/h3,5-6,9-11H,1,4,7-8H2,2H3. The smallest absolute Gasteiger partial charge is 0.305 e. The first kappa shape index (κ1) is 11.6. The Morgan fingerprint density at radius 2 is 2.20 bits per heavy atom. The van der Waals surface area contributed by atoms with Gasteiger partial charge in [-0.25, -0.2) is 0 Å². The van der Waals surface area contributed by atoms with Crippen molar-refractivity contribution in [1.29, 1.82) is 0 Å². The summed E-state index contributed by atoms with van der Waals surface area (Å²) in [7, 11) is 0. The van der Waals surface area contributed by atoms with Crippen molar-refractivity contribution in [1.82, 2.24) is 4.57 Å². The second-order valence-corrected chi connectivity index (χ2v) is 3.28. The van der Waals surface area contributed by atoms with E-state index >= 15 is 0 Å². The van der Waals surface area contributed by atoms with E-state index in [1.165, 1.54) is 0 Å². The van der Waals surface area contributed by atoms with Crippen LogP contribution in [0.3, 0.4) is 0 Å². The first-order chi connectivity index (χ1) is 7.27. The Labute approximate surface area is 90.4 Å². The lowest BCUT2D eigenvalue weighted by Gasteiger charge is -2.13. The van der Waals surface area contributed by atoms with E-state index in [2.05, 4.69) is 6.58 Å². The van der Waals surface area contributed by atoms with Crippen LogP contribution in [0.2, 0.25) is 0 Å². The van der Waals surface area contributed by atoms with Crippen molar-refractivity contribution in [3.63, 3.8) is 0 Å². The highest BCUT2D eigenvalue weighted by Gasteiger charge is 2.09. The van der Waals surface area contributed by atoms with Crippen LogP contribution in [-0.2, 0) is 9.53 Å². The van der Waals surface area contributed by atoms with E-state index in [9.17, 15) is 4.79 Å². The van der Waals surface area contributed by atoms with E-state index in [-0.39, 0.29) is 12.0 Å². The molecule has 1 aromatic heterocycles. The summed E-state index contributed by atoms with van der Waals surface area (Å²) in [5.74, 6) is -0.142. The van der Waals surface area contributed by atoms with Crippen LogP contribution in [0.15, 0.2) is 37.2 Å². The second-order valence-electron chi connectivity index (χ2n) is 3.28. The molecular formula is C12H17NO2. The summed E-state index contributed by atoms with van der Waals surface area (Å²) in [6.07, 6.45) is 6.95. The van der Waals surface area contributed by atoms with Crippen molar-refractivity contribution in [3.8, 4) is 0 Å². The fourth-order valence-electron chi connectivity index (χ4n) is 1.46. The molecule has 1 rings (SSSR count). The Hall–Kier alpha value is -1.51. The van der Waals surface area contributed by atoms with Gasteiger partial charge >= 0.3 is 5.97 Å². The highest BCUT2D eigenvalue weighted by molar-refractivity contribution is 5.69. The molecule has 3 heteroatoms. The number of allylic oxidation sites excluding steroid dienone is 1. The monoisotopic (exact) mass is 207 g/mol. The summed E-state index contributed by atoms with van der Waals surface area (Å²) in [6, 6.07) is 4.09. The first-order valence-electron chi connectivity index (χ1n) is 5.18. The number of ether oxygens (including phenoxy) is 1. The number of nitrogens with zero attached hydrogens (tertiary/aromatic N) is 1. The van der Waals surface area contributed by atoms with Crippen LogP contribution in [0.4, 0.5) is 0 Å². The number of carbonyl (C=O) groups excluding carboxylic acids is 1. The largest absolute Gasteiger partial charge is 0.466 e. The summed E-state index contributed by atoms with van der Waals surface area (Å²) < 4.78 is 6.91. The van der Waals surface area contributed by atoms with Gasteiger partial charge in [0.15, 0.2) is 0 Å². The zero-order chi connectivity index (χ0) is 11.1. The number of aromatic nitrogens is 1. The van der Waals surface area contributed by atoms with Gasteiger partial charge in [-0.3, -0.25) is 4.79 Å². The van der Waals surface area contributed by atoms with Gasteiger partial charge in [0.25, 0.3) is 0 Å². The number of rotatable bonds is 6. The molecule has 0 radical (unpaired) electrons. The fraction of sp³-hybridized carbons (Fsp3) is 0.417. The van der Waals surface area contributed by atoms with Crippen molar-refractivity contribution in [2.45, 2.75) is 25.8 Å². The van der Waals surface area contributed by atoms with E-state index in [1.807, 2.05) is 42.1 Å². The Morgan fingerprint density at radius 1 is 1.53 bits per heavy atom. The van der Waals surface area contributed by atoms with Crippen LogP contribution in [-0.4, -0.2) is 17.1 Å². The van der Waals surface area contributed by atoms with Crippen LogP contribution in [0.25, 0.3) is 0 Å². The van der Waals surface area contributed by atoms with E-state index in [1.54, 1.807) is 0 Å². The summed E-state index contributed by atoms with van der Waals surface area (Å²) >= 11 is 0. The molecule has 0 aromatic carbocycles. The maximum Gasteiger partial charge on any atom is 0.305 e. The Morgan fingerprint density at radius 3 is 2.73 bits per heavy atom. The van der Waals surface area contributed by atoms with Gasteiger partial charge in [-0.1, -0.05) is 6.08 Å². The van der Waals surface area contributed by atoms with E-state index in [0.29, 0.717) is 13.0 Å². The summed E-state index contributed by atoms with van der Waals surface area (Å²) in [6.45, 7) is 6.03. The molecule has 0 saturated heterocycles. The lowest BCUT2D eigenvalue weighted by Crippen LogP contribution is -2.09. The normalized spacial score (nSPS) is 12.1. The third-order valence-electron chi connectivity index (χ3n) is 2.23. The fourth-order valence-corrected chi connectivity index (χ4v) is 1.46. The van der Waals surface area contributed by atoms with Crippen molar-refractivity contribution >= 4 is 5.97 Å². The minimum Gasteiger partial charge on any atom is -0.466 e. The predicted octanol–water partition coefficient (Wildman–Crippen LogP) is 2.56. The van der Waals surface area contributed by atoms with Gasteiger partial charge in [-0.2, -0.15) is 0 Å². The molecule has 0 fully saturated rings. The molecule has 1 atom stereocenters. The predicted molar refractivity (Wildman–Crippen MR) is 59.5 cm³/mol. The molecular weight excluding hydrogens is 190 g/mol. The van der Waals surface area contributed by atoms with Gasteiger partial charge in [0.05, 0.1) is 12.6 Å². The summed E-state index contributed by atoms with van der Waals surface area (Å²) in [4.78, 5) is 11.2. The summed E-state index contributed by atoms with van der Waals surface area (Å²) in [5, 5.41) is 0. The molecule has 1 unspecified atom stereocenters. The Bertz CT molecular complexity index is 303. The van der Waals surface area contributed by atoms with Gasteiger partial charge < -0.3 is 9.30 Å². The van der Waals surface area contributed by atoms with Crippen LogP contribution in [0, 0.1) is 0 Å².